The Morgan fingerprint density at radius 3 is 1.69 bits per heavy atom. The molecule has 26 heavy (non-hydrogen) atoms. The SMILES string of the molecule is CCCCCCC(CN)C(c1ccccc1)(c1ccccc1)C(C)(C)N. The van der Waals surface area contributed by atoms with Gasteiger partial charge in [-0.1, -0.05) is 93.3 Å². The van der Waals surface area contributed by atoms with Crippen molar-refractivity contribution in [1.29, 1.82) is 0 Å². The van der Waals surface area contributed by atoms with Gasteiger partial charge in [-0.25, -0.2) is 0 Å². The van der Waals surface area contributed by atoms with Gasteiger partial charge in [0.2, 0.25) is 0 Å². The van der Waals surface area contributed by atoms with Crippen LogP contribution in [0.4, 0.5) is 0 Å². The maximum Gasteiger partial charge on any atom is 0.0416 e. The van der Waals surface area contributed by atoms with E-state index in [1.807, 2.05) is 0 Å². The third kappa shape index (κ3) is 4.19. The zero-order chi connectivity index (χ0) is 19.0. The Labute approximate surface area is 160 Å². The molecule has 1 unspecified atom stereocenters. The minimum absolute atomic E-state index is 0.296. The lowest BCUT2D eigenvalue weighted by atomic mass is 9.55. The van der Waals surface area contributed by atoms with Gasteiger partial charge in [-0.2, -0.15) is 0 Å². The number of rotatable bonds is 10. The van der Waals surface area contributed by atoms with Crippen molar-refractivity contribution in [3.8, 4) is 0 Å². The van der Waals surface area contributed by atoms with Gasteiger partial charge < -0.3 is 11.5 Å². The molecule has 0 spiro atoms. The highest BCUT2D eigenvalue weighted by Gasteiger charge is 2.50. The topological polar surface area (TPSA) is 52.0 Å². The zero-order valence-corrected chi connectivity index (χ0v) is 16.7. The zero-order valence-electron chi connectivity index (χ0n) is 16.7. The third-order valence-corrected chi connectivity index (χ3v) is 5.78. The minimum Gasteiger partial charge on any atom is -0.330 e. The first-order chi connectivity index (χ1) is 12.5. The quantitative estimate of drug-likeness (QED) is 0.573. The second-order valence-corrected chi connectivity index (χ2v) is 8.04. The maximum absolute atomic E-state index is 6.93. The molecule has 0 radical (unpaired) electrons. The Bertz CT molecular complexity index is 589. The fourth-order valence-corrected chi connectivity index (χ4v) is 4.64. The van der Waals surface area contributed by atoms with Crippen LogP contribution in [0.1, 0.15) is 64.0 Å². The van der Waals surface area contributed by atoms with E-state index in [9.17, 15) is 0 Å². The molecule has 2 aromatic carbocycles. The molecule has 0 aromatic heterocycles. The fourth-order valence-electron chi connectivity index (χ4n) is 4.64. The summed E-state index contributed by atoms with van der Waals surface area (Å²) in [6.45, 7) is 7.20. The van der Waals surface area contributed by atoms with Crippen molar-refractivity contribution in [3.63, 3.8) is 0 Å². The van der Waals surface area contributed by atoms with Crippen molar-refractivity contribution in [2.45, 2.75) is 63.8 Å². The van der Waals surface area contributed by atoms with E-state index >= 15 is 0 Å². The minimum atomic E-state index is -0.440. The average molecular weight is 353 g/mol. The lowest BCUT2D eigenvalue weighted by Crippen LogP contribution is -2.60. The molecule has 1 atom stereocenters. The van der Waals surface area contributed by atoms with Gasteiger partial charge in [0.15, 0.2) is 0 Å². The second-order valence-electron chi connectivity index (χ2n) is 8.04. The summed E-state index contributed by atoms with van der Waals surface area (Å²) in [5.41, 5.74) is 15.1. The van der Waals surface area contributed by atoms with Crippen LogP contribution >= 0.6 is 0 Å². The van der Waals surface area contributed by atoms with E-state index in [0.29, 0.717) is 12.5 Å². The molecule has 0 fully saturated rings. The summed E-state index contributed by atoms with van der Waals surface area (Å²) < 4.78 is 0. The monoisotopic (exact) mass is 352 g/mol. The smallest absolute Gasteiger partial charge is 0.0416 e. The number of hydrogen-bond acceptors (Lipinski definition) is 2. The van der Waals surface area contributed by atoms with E-state index < -0.39 is 5.54 Å². The second kappa shape index (κ2) is 9.34. The highest BCUT2D eigenvalue weighted by Crippen LogP contribution is 2.48. The highest BCUT2D eigenvalue weighted by atomic mass is 14.8. The number of unbranched alkanes of at least 4 members (excludes halogenated alkanes) is 3. The van der Waals surface area contributed by atoms with Gasteiger partial charge in [-0.3, -0.25) is 0 Å². The summed E-state index contributed by atoms with van der Waals surface area (Å²) in [6, 6.07) is 21.5. The van der Waals surface area contributed by atoms with Gasteiger partial charge in [-0.05, 0) is 43.9 Å². The van der Waals surface area contributed by atoms with Crippen LogP contribution in [0.25, 0.3) is 0 Å². The normalized spacial score (nSPS) is 13.6. The van der Waals surface area contributed by atoms with E-state index in [1.165, 1.54) is 36.8 Å². The van der Waals surface area contributed by atoms with Gasteiger partial charge in [0.1, 0.15) is 0 Å². The van der Waals surface area contributed by atoms with Gasteiger partial charge in [0, 0.05) is 11.0 Å². The molecule has 0 aliphatic rings. The van der Waals surface area contributed by atoms with Crippen LogP contribution in [0.2, 0.25) is 0 Å². The van der Waals surface area contributed by atoms with Crippen LogP contribution in [-0.4, -0.2) is 12.1 Å². The van der Waals surface area contributed by atoms with Crippen molar-refractivity contribution >= 4 is 0 Å². The first kappa shape index (κ1) is 20.7. The molecule has 0 aliphatic carbocycles. The summed E-state index contributed by atoms with van der Waals surface area (Å²) >= 11 is 0. The molecule has 4 N–H and O–H groups in total. The Hall–Kier alpha value is -1.64. The van der Waals surface area contributed by atoms with Crippen LogP contribution < -0.4 is 11.5 Å². The molecular weight excluding hydrogens is 316 g/mol. The summed E-state index contributed by atoms with van der Waals surface area (Å²) in [5, 5.41) is 0. The molecule has 2 heteroatoms. The van der Waals surface area contributed by atoms with Gasteiger partial charge in [-0.15, -0.1) is 0 Å². The number of nitrogens with two attached hydrogens (primary N) is 2. The molecule has 2 aromatic rings. The Morgan fingerprint density at radius 1 is 0.808 bits per heavy atom. The molecule has 0 amide bonds. The van der Waals surface area contributed by atoms with E-state index in [1.54, 1.807) is 0 Å². The van der Waals surface area contributed by atoms with Crippen molar-refractivity contribution in [1.82, 2.24) is 0 Å². The molecule has 0 bridgehead atoms. The first-order valence-corrected chi connectivity index (χ1v) is 10.1. The van der Waals surface area contributed by atoms with Gasteiger partial charge in [0.05, 0.1) is 0 Å². The summed E-state index contributed by atoms with van der Waals surface area (Å²) in [7, 11) is 0. The maximum atomic E-state index is 6.93. The van der Waals surface area contributed by atoms with Crippen LogP contribution in [0.5, 0.6) is 0 Å². The predicted octanol–water partition coefficient (Wildman–Crippen LogP) is 5.26. The predicted molar refractivity (Wildman–Crippen MR) is 113 cm³/mol. The lowest BCUT2D eigenvalue weighted by Gasteiger charge is -2.51. The van der Waals surface area contributed by atoms with Crippen LogP contribution in [0.3, 0.4) is 0 Å². The summed E-state index contributed by atoms with van der Waals surface area (Å²) in [5.74, 6) is 0.296. The molecule has 0 saturated heterocycles. The first-order valence-electron chi connectivity index (χ1n) is 10.1. The lowest BCUT2D eigenvalue weighted by molar-refractivity contribution is 0.193. The Morgan fingerprint density at radius 2 is 1.31 bits per heavy atom. The standard InChI is InChI=1S/C24H36N2/c1-4-5-6-9-18-22(19-25)24(23(2,3)26,20-14-10-7-11-15-20)21-16-12-8-13-17-21/h7-8,10-17,22H,4-6,9,18-19,25-26H2,1-3H3. The van der Waals surface area contributed by atoms with Crippen LogP contribution in [0.15, 0.2) is 60.7 Å². The molecule has 2 nitrogen and oxygen atoms in total. The molecule has 0 aliphatic heterocycles. The molecular formula is C24H36N2. The average Bonchev–Trinajstić information content (AvgIpc) is 2.65. The number of benzene rings is 2. The van der Waals surface area contributed by atoms with Crippen molar-refractivity contribution < 1.29 is 0 Å². The van der Waals surface area contributed by atoms with E-state index in [0.717, 1.165) is 6.42 Å². The Balaban J connectivity index is 2.59. The molecule has 0 saturated carbocycles. The van der Waals surface area contributed by atoms with E-state index in [4.69, 9.17) is 11.5 Å². The third-order valence-electron chi connectivity index (χ3n) is 5.78. The highest BCUT2D eigenvalue weighted by molar-refractivity contribution is 5.45. The molecule has 142 valence electrons. The van der Waals surface area contributed by atoms with Crippen LogP contribution in [-0.2, 0) is 5.41 Å². The van der Waals surface area contributed by atoms with Crippen LogP contribution in [0, 0.1) is 5.92 Å². The fraction of sp³-hybridized carbons (Fsp3) is 0.500. The summed E-state index contributed by atoms with van der Waals surface area (Å²) in [6.07, 6.45) is 6.09. The molecule has 0 heterocycles. The van der Waals surface area contributed by atoms with E-state index in [2.05, 4.69) is 81.4 Å². The Kier molecular flexibility index (Phi) is 7.43. The van der Waals surface area contributed by atoms with Gasteiger partial charge >= 0.3 is 0 Å². The largest absolute Gasteiger partial charge is 0.330 e. The van der Waals surface area contributed by atoms with Crippen molar-refractivity contribution in [2.24, 2.45) is 17.4 Å². The van der Waals surface area contributed by atoms with Crippen molar-refractivity contribution in [2.75, 3.05) is 6.54 Å². The van der Waals surface area contributed by atoms with Crippen molar-refractivity contribution in [3.05, 3.63) is 71.8 Å². The summed E-state index contributed by atoms with van der Waals surface area (Å²) in [4.78, 5) is 0. The van der Waals surface area contributed by atoms with Gasteiger partial charge in [0.25, 0.3) is 0 Å². The number of hydrogen-bond donors (Lipinski definition) is 2. The molecule has 2 rings (SSSR count). The van der Waals surface area contributed by atoms with E-state index in [-0.39, 0.29) is 5.41 Å².